The predicted octanol–water partition coefficient (Wildman–Crippen LogP) is 6.56. The summed E-state index contributed by atoms with van der Waals surface area (Å²) in [6.07, 6.45) is 1.81. The van der Waals surface area contributed by atoms with E-state index >= 15 is 0 Å². The molecular formula is C41H44N2O11S. The van der Waals surface area contributed by atoms with Gasteiger partial charge in [-0.3, -0.25) is 4.79 Å². The predicted molar refractivity (Wildman–Crippen MR) is 203 cm³/mol. The Hall–Kier alpha value is -5.94. The molecule has 4 aromatic rings. The van der Waals surface area contributed by atoms with Gasteiger partial charge in [0, 0.05) is 11.4 Å². The number of carboxylic acids is 1. The van der Waals surface area contributed by atoms with Crippen LogP contribution in [-0.2, 0) is 25.5 Å². The first-order valence-electron chi connectivity index (χ1n) is 17.6. The molecule has 0 aliphatic carbocycles. The number of nitrogens with zero attached hydrogens (tertiary/aromatic N) is 2. The van der Waals surface area contributed by atoms with Crippen LogP contribution in [-0.4, -0.2) is 82.6 Å². The topological polar surface area (TPSA) is 163 Å². The molecule has 1 aliphatic heterocycles. The number of carbonyl (C=O) groups is 3. The number of rotatable bonds is 17. The lowest BCUT2D eigenvalue weighted by Gasteiger charge is -2.37. The lowest BCUT2D eigenvalue weighted by atomic mass is 9.92. The molecule has 1 N–H and O–H groups in total. The number of carboxylic acid groups (broad SMARTS) is 1. The molecule has 1 amide bonds. The van der Waals surface area contributed by atoms with Crippen molar-refractivity contribution in [3.8, 4) is 40.6 Å². The summed E-state index contributed by atoms with van der Waals surface area (Å²) in [5.41, 5.74) is 2.05. The number of amides is 1. The second kappa shape index (κ2) is 18.9. The Balaban J connectivity index is 1.48. The molecule has 0 bridgehead atoms. The van der Waals surface area contributed by atoms with E-state index in [4.69, 9.17) is 33.2 Å². The number of esters is 1. The van der Waals surface area contributed by atoms with Crippen LogP contribution >= 0.6 is 11.3 Å². The normalized spacial score (nSPS) is 14.8. The molecule has 5 rings (SSSR count). The third-order valence-electron chi connectivity index (χ3n) is 9.34. The van der Waals surface area contributed by atoms with Crippen molar-refractivity contribution >= 4 is 29.2 Å². The number of aryl methyl sites for hydroxylation is 1. The largest absolute Gasteiger partial charge is 0.493 e. The Morgan fingerprint density at radius 2 is 1.58 bits per heavy atom. The van der Waals surface area contributed by atoms with Gasteiger partial charge in [-0.2, -0.15) is 5.26 Å². The third kappa shape index (κ3) is 9.60. The number of carbonyl (C=O) groups excluding carboxylic acids is 2. The van der Waals surface area contributed by atoms with Crippen molar-refractivity contribution in [3.63, 3.8) is 0 Å². The number of methoxy groups -OCH3 is 5. The fourth-order valence-electron chi connectivity index (χ4n) is 6.67. The molecule has 0 saturated carbocycles. The van der Waals surface area contributed by atoms with Crippen LogP contribution in [0.5, 0.6) is 34.5 Å². The van der Waals surface area contributed by atoms with E-state index in [-0.39, 0.29) is 5.91 Å². The zero-order chi connectivity index (χ0) is 39.5. The van der Waals surface area contributed by atoms with Gasteiger partial charge in [-0.05, 0) is 97.3 Å². The molecule has 14 heteroatoms. The fourth-order valence-corrected chi connectivity index (χ4v) is 7.59. The summed E-state index contributed by atoms with van der Waals surface area (Å²) in [6.45, 7) is -0.225. The number of ether oxygens (including phenoxy) is 7. The highest BCUT2D eigenvalue weighted by molar-refractivity contribution is 7.12. The van der Waals surface area contributed by atoms with Crippen molar-refractivity contribution < 1.29 is 52.6 Å². The second-order valence-electron chi connectivity index (χ2n) is 12.7. The van der Waals surface area contributed by atoms with Crippen molar-refractivity contribution in [2.24, 2.45) is 0 Å². The van der Waals surface area contributed by atoms with Crippen LogP contribution in [0.4, 0.5) is 0 Å². The Morgan fingerprint density at radius 3 is 2.22 bits per heavy atom. The zero-order valence-electron chi connectivity index (χ0n) is 31.4. The summed E-state index contributed by atoms with van der Waals surface area (Å²) in [7, 11) is 7.58. The minimum atomic E-state index is -1.12. The number of hydrogen-bond donors (Lipinski definition) is 1. The first-order valence-corrected chi connectivity index (χ1v) is 18.4. The molecule has 13 nitrogen and oxygen atoms in total. The van der Waals surface area contributed by atoms with Gasteiger partial charge in [-0.25, -0.2) is 9.59 Å². The monoisotopic (exact) mass is 772 g/mol. The Morgan fingerprint density at radius 1 is 0.855 bits per heavy atom. The van der Waals surface area contributed by atoms with Gasteiger partial charge in [0.25, 0.3) is 0 Å². The van der Waals surface area contributed by atoms with Gasteiger partial charge in [-0.1, -0.05) is 18.2 Å². The van der Waals surface area contributed by atoms with Crippen LogP contribution in [0.2, 0.25) is 0 Å². The smallest absolute Gasteiger partial charge is 0.341 e. The summed E-state index contributed by atoms with van der Waals surface area (Å²) in [4.78, 5) is 43.1. The molecule has 1 fully saturated rings. The molecule has 3 aromatic carbocycles. The van der Waals surface area contributed by atoms with Gasteiger partial charge in [0.1, 0.15) is 28.8 Å². The molecule has 1 saturated heterocycles. The van der Waals surface area contributed by atoms with Crippen molar-refractivity contribution in [3.05, 3.63) is 93.2 Å². The molecule has 1 aliphatic rings. The summed E-state index contributed by atoms with van der Waals surface area (Å²) < 4.78 is 39.4. The van der Waals surface area contributed by atoms with Crippen molar-refractivity contribution in [1.29, 1.82) is 5.26 Å². The molecular weight excluding hydrogens is 729 g/mol. The molecule has 290 valence electrons. The number of piperidine rings is 1. The lowest BCUT2D eigenvalue weighted by molar-refractivity contribution is -0.162. The molecule has 2 heterocycles. The Kier molecular flexibility index (Phi) is 13.8. The van der Waals surface area contributed by atoms with E-state index in [0.29, 0.717) is 94.0 Å². The number of benzene rings is 3. The SMILES string of the molecule is COc1ccc(CC[C@@H](OC(=O)[C@@H]2CCCCN2C(=O)[C@H](c2cc(OC)c(OC)c(OC)c2)c2ccc(C#N)s2)c2cccc(OCC(=O)O)c2)cc1OC. The highest BCUT2D eigenvalue weighted by atomic mass is 32.1. The van der Waals surface area contributed by atoms with Gasteiger partial charge in [0.05, 0.1) is 41.5 Å². The van der Waals surface area contributed by atoms with Gasteiger partial charge >= 0.3 is 11.9 Å². The quantitative estimate of drug-likeness (QED) is 0.115. The molecule has 1 aromatic heterocycles. The minimum Gasteiger partial charge on any atom is -0.493 e. The van der Waals surface area contributed by atoms with Crippen molar-refractivity contribution in [1.82, 2.24) is 4.90 Å². The van der Waals surface area contributed by atoms with Crippen molar-refractivity contribution in [2.45, 2.75) is 50.2 Å². The minimum absolute atomic E-state index is 0.308. The van der Waals surface area contributed by atoms with Crippen LogP contribution in [0.15, 0.2) is 66.7 Å². The van der Waals surface area contributed by atoms with E-state index in [1.807, 2.05) is 12.1 Å². The van der Waals surface area contributed by atoms with Gasteiger partial charge in [0.15, 0.2) is 29.6 Å². The van der Waals surface area contributed by atoms with Crippen LogP contribution < -0.4 is 28.4 Å². The standard InChI is InChI=1S/C41H44N2O11S/c1-48-32-16-13-25(19-33(32)49-2)12-15-31(26-9-8-10-28(20-26)53-24-37(44)45)54-41(47)30-11-6-7-18-43(30)40(46)38(36-17-14-29(23-42)55-36)27-21-34(50-3)39(52-5)35(22-27)51-4/h8-10,13-14,16-17,19-22,30-31,38H,6-7,11-12,15,18,24H2,1-5H3,(H,44,45)/t30-,31+,38+/m0/s1. The maximum absolute atomic E-state index is 14.9. The summed E-state index contributed by atoms with van der Waals surface area (Å²) in [5, 5.41) is 18.8. The number of thiophene rings is 1. The first-order chi connectivity index (χ1) is 26.6. The maximum Gasteiger partial charge on any atom is 0.341 e. The molecule has 0 radical (unpaired) electrons. The van der Waals surface area contributed by atoms with Crippen molar-refractivity contribution in [2.75, 3.05) is 48.7 Å². The Bertz CT molecular complexity index is 2000. The maximum atomic E-state index is 14.9. The van der Waals surface area contributed by atoms with E-state index < -0.39 is 36.6 Å². The number of nitriles is 1. The highest BCUT2D eigenvalue weighted by Crippen LogP contribution is 2.43. The summed E-state index contributed by atoms with van der Waals surface area (Å²) in [6, 6.07) is 20.4. The van der Waals surface area contributed by atoms with Crippen LogP contribution in [0.3, 0.4) is 0 Å². The van der Waals surface area contributed by atoms with E-state index in [0.717, 1.165) is 5.56 Å². The zero-order valence-corrected chi connectivity index (χ0v) is 32.2. The molecule has 55 heavy (non-hydrogen) atoms. The van der Waals surface area contributed by atoms with E-state index in [1.165, 1.54) is 32.7 Å². The number of hydrogen-bond acceptors (Lipinski definition) is 12. The highest BCUT2D eigenvalue weighted by Gasteiger charge is 2.39. The number of aliphatic carboxylic acids is 1. The van der Waals surface area contributed by atoms with E-state index in [2.05, 4.69) is 6.07 Å². The lowest BCUT2D eigenvalue weighted by Crippen LogP contribution is -2.50. The van der Waals surface area contributed by atoms with Gasteiger partial charge in [-0.15, -0.1) is 11.3 Å². The fraction of sp³-hybridized carbons (Fsp3) is 0.366. The van der Waals surface area contributed by atoms with Gasteiger partial charge in [0.2, 0.25) is 11.7 Å². The molecule has 0 spiro atoms. The molecule has 3 atom stereocenters. The average molecular weight is 773 g/mol. The Labute approximate surface area is 323 Å². The third-order valence-corrected chi connectivity index (χ3v) is 10.4. The number of likely N-dealkylation sites (tertiary alicyclic amines) is 1. The van der Waals surface area contributed by atoms with Gasteiger partial charge < -0.3 is 43.2 Å². The first kappa shape index (κ1) is 40.2. The van der Waals surface area contributed by atoms with E-state index in [9.17, 15) is 24.8 Å². The van der Waals surface area contributed by atoms with Crippen LogP contribution in [0.25, 0.3) is 0 Å². The second-order valence-corrected chi connectivity index (χ2v) is 13.8. The molecule has 0 unspecified atom stereocenters. The van der Waals surface area contributed by atoms with Crippen LogP contribution in [0, 0.1) is 11.3 Å². The van der Waals surface area contributed by atoms with E-state index in [1.54, 1.807) is 73.7 Å². The summed E-state index contributed by atoms with van der Waals surface area (Å²) >= 11 is 1.20. The average Bonchev–Trinajstić information content (AvgIpc) is 3.69. The van der Waals surface area contributed by atoms with Crippen LogP contribution in [0.1, 0.15) is 64.1 Å². The summed E-state index contributed by atoms with van der Waals surface area (Å²) in [5.74, 6) is -0.427.